The summed E-state index contributed by atoms with van der Waals surface area (Å²) in [5, 5.41) is 86.2. The third-order valence-electron chi connectivity index (χ3n) is 11.0. The second-order valence-corrected chi connectivity index (χ2v) is 15.8. The lowest BCUT2D eigenvalue weighted by molar-refractivity contribution is -0.359. The Bertz CT molecular complexity index is 1000. The van der Waals surface area contributed by atoms with Crippen molar-refractivity contribution in [1.82, 2.24) is 5.32 Å². The largest absolute Gasteiger partial charge is 0.394 e. The first-order chi connectivity index (χ1) is 27.1. The quantitative estimate of drug-likeness (QED) is 0.0350. The summed E-state index contributed by atoms with van der Waals surface area (Å²) in [7, 11) is 0. The Hall–Kier alpha value is -1.27. The molecule has 0 aromatic heterocycles. The van der Waals surface area contributed by atoms with E-state index in [4.69, 9.17) is 18.9 Å². The van der Waals surface area contributed by atoms with Crippen LogP contribution < -0.4 is 5.32 Å². The fourth-order valence-corrected chi connectivity index (χ4v) is 7.29. The monoisotopic (exact) mass is 806 g/mol. The molecule has 2 fully saturated rings. The Balaban J connectivity index is 1.93. The lowest BCUT2D eigenvalue weighted by Gasteiger charge is -2.46. The van der Waals surface area contributed by atoms with Gasteiger partial charge < -0.3 is 65.1 Å². The molecule has 0 aliphatic carbocycles. The standard InChI is InChI=1S/C42H79NO13/c1-3-5-7-9-11-13-14-15-16-18-19-21-23-25-31(46)30(43-34(47)26-24-22-20-17-12-10-8-6-4-2)29-53-41-39(52)37(50)40(33(28-45)55-41)56-42-38(51)36(49)35(48)32(27-44)54-42/h23,25,30-33,35-42,44-46,48-52H,3-22,24,26-29H2,1-2H3,(H,43,47)/b25-23+/t30-,31+,32+,33+,35-,36?,37?,38?,39?,40+,41+,42-/m0/s1. The van der Waals surface area contributed by atoms with Gasteiger partial charge in [-0.2, -0.15) is 0 Å². The number of carbonyl (C=O) groups excluding carboxylic acids is 1. The average Bonchev–Trinajstić information content (AvgIpc) is 3.19. The van der Waals surface area contributed by atoms with E-state index in [9.17, 15) is 45.6 Å². The Morgan fingerprint density at radius 1 is 0.625 bits per heavy atom. The van der Waals surface area contributed by atoms with Gasteiger partial charge in [-0.25, -0.2) is 0 Å². The minimum Gasteiger partial charge on any atom is -0.394 e. The van der Waals surface area contributed by atoms with Crippen molar-refractivity contribution >= 4 is 5.91 Å². The number of allylic oxidation sites excluding steroid dienone is 1. The van der Waals surface area contributed by atoms with E-state index in [1.54, 1.807) is 6.08 Å². The van der Waals surface area contributed by atoms with Gasteiger partial charge in [0.1, 0.15) is 48.8 Å². The Kier molecular flexibility index (Phi) is 27.9. The van der Waals surface area contributed by atoms with Crippen LogP contribution in [-0.2, 0) is 23.7 Å². The molecule has 1 amide bonds. The molecule has 9 N–H and O–H groups in total. The smallest absolute Gasteiger partial charge is 0.220 e. The second-order valence-electron chi connectivity index (χ2n) is 15.8. The molecule has 0 aromatic carbocycles. The zero-order valence-electron chi connectivity index (χ0n) is 34.4. The van der Waals surface area contributed by atoms with Crippen LogP contribution in [0, 0.1) is 0 Å². The molecule has 4 unspecified atom stereocenters. The van der Waals surface area contributed by atoms with Crippen LogP contribution in [-0.4, -0.2) is 140 Å². The van der Waals surface area contributed by atoms with E-state index in [1.807, 2.05) is 6.08 Å². The highest BCUT2D eigenvalue weighted by atomic mass is 16.7. The third-order valence-corrected chi connectivity index (χ3v) is 11.0. The molecule has 2 rings (SSSR count). The maximum Gasteiger partial charge on any atom is 0.220 e. The van der Waals surface area contributed by atoms with Crippen molar-refractivity contribution in [2.75, 3.05) is 19.8 Å². The first-order valence-corrected chi connectivity index (χ1v) is 21.9. The van der Waals surface area contributed by atoms with Crippen molar-refractivity contribution in [3.63, 3.8) is 0 Å². The number of amides is 1. The molecule has 2 heterocycles. The number of carbonyl (C=O) groups is 1. The number of ether oxygens (including phenoxy) is 4. The van der Waals surface area contributed by atoms with Crippen molar-refractivity contribution in [3.8, 4) is 0 Å². The van der Waals surface area contributed by atoms with Gasteiger partial charge in [-0.3, -0.25) is 4.79 Å². The summed E-state index contributed by atoms with van der Waals surface area (Å²) in [6, 6.07) is -0.904. The van der Waals surface area contributed by atoms with Gasteiger partial charge >= 0.3 is 0 Å². The molecule has 0 saturated carbocycles. The molecule has 14 heteroatoms. The van der Waals surface area contributed by atoms with E-state index >= 15 is 0 Å². The van der Waals surface area contributed by atoms with E-state index in [0.29, 0.717) is 6.42 Å². The molecular formula is C42H79NO13. The van der Waals surface area contributed by atoms with E-state index < -0.39 is 86.8 Å². The van der Waals surface area contributed by atoms with Gasteiger partial charge in [-0.05, 0) is 19.3 Å². The van der Waals surface area contributed by atoms with E-state index in [1.165, 1.54) is 89.9 Å². The molecule has 2 saturated heterocycles. The topological polar surface area (TPSA) is 228 Å². The predicted molar refractivity (Wildman–Crippen MR) is 212 cm³/mol. The van der Waals surface area contributed by atoms with E-state index in [0.717, 1.165) is 38.5 Å². The fourth-order valence-electron chi connectivity index (χ4n) is 7.29. The maximum absolute atomic E-state index is 13.0. The molecule has 56 heavy (non-hydrogen) atoms. The summed E-state index contributed by atoms with van der Waals surface area (Å²) < 4.78 is 22.6. The van der Waals surface area contributed by atoms with Crippen LogP contribution in [0.4, 0.5) is 0 Å². The zero-order valence-corrected chi connectivity index (χ0v) is 34.4. The van der Waals surface area contributed by atoms with Gasteiger partial charge in [0.05, 0.1) is 32.0 Å². The molecule has 2 aliphatic rings. The highest BCUT2D eigenvalue weighted by Gasteiger charge is 2.50. The number of aliphatic hydroxyl groups excluding tert-OH is 8. The minimum atomic E-state index is -1.78. The van der Waals surface area contributed by atoms with Gasteiger partial charge in [0.2, 0.25) is 5.91 Å². The first-order valence-electron chi connectivity index (χ1n) is 21.9. The number of nitrogens with one attached hydrogen (secondary N) is 1. The molecule has 2 aliphatic heterocycles. The van der Waals surface area contributed by atoms with Crippen LogP contribution in [0.3, 0.4) is 0 Å². The van der Waals surface area contributed by atoms with Crippen LogP contribution in [0.2, 0.25) is 0 Å². The van der Waals surface area contributed by atoms with Crippen LogP contribution in [0.25, 0.3) is 0 Å². The van der Waals surface area contributed by atoms with Gasteiger partial charge in [0.25, 0.3) is 0 Å². The van der Waals surface area contributed by atoms with Gasteiger partial charge in [0, 0.05) is 6.42 Å². The van der Waals surface area contributed by atoms with Crippen molar-refractivity contribution in [2.24, 2.45) is 0 Å². The van der Waals surface area contributed by atoms with Crippen molar-refractivity contribution in [2.45, 2.75) is 229 Å². The third kappa shape index (κ3) is 19.2. The molecular weight excluding hydrogens is 726 g/mol. The number of aliphatic hydroxyl groups is 8. The molecule has 0 aromatic rings. The molecule has 0 bridgehead atoms. The Morgan fingerprint density at radius 3 is 1.64 bits per heavy atom. The lowest BCUT2D eigenvalue weighted by Crippen LogP contribution is -2.65. The SMILES string of the molecule is CCCCCCCCCCCCC/C=C/[C@@H](O)[C@H](CO[C@@H]1O[C@H](CO)[C@@H](O[C@@H]2O[C@H](CO)[C@H](O)C(O)C2O)C(O)C1O)NC(=O)CCCCCCCCCCC. The number of hydrogen-bond acceptors (Lipinski definition) is 13. The molecule has 12 atom stereocenters. The van der Waals surface area contributed by atoms with E-state index in [2.05, 4.69) is 19.2 Å². The highest BCUT2D eigenvalue weighted by Crippen LogP contribution is 2.30. The highest BCUT2D eigenvalue weighted by molar-refractivity contribution is 5.76. The molecule has 330 valence electrons. The fraction of sp³-hybridized carbons (Fsp3) is 0.929. The van der Waals surface area contributed by atoms with Crippen molar-refractivity contribution in [1.29, 1.82) is 0 Å². The van der Waals surface area contributed by atoms with Crippen LogP contribution in [0.1, 0.15) is 155 Å². The summed E-state index contributed by atoms with van der Waals surface area (Å²) in [4.78, 5) is 13.0. The second kappa shape index (κ2) is 30.7. The maximum atomic E-state index is 13.0. The van der Waals surface area contributed by atoms with Gasteiger partial charge in [0.15, 0.2) is 12.6 Å². The summed E-state index contributed by atoms with van der Waals surface area (Å²) in [6.07, 6.45) is 11.3. The Labute approximate surface area is 336 Å². The van der Waals surface area contributed by atoms with Crippen molar-refractivity contribution < 1.29 is 64.6 Å². The average molecular weight is 806 g/mol. The first kappa shape index (κ1) is 50.9. The van der Waals surface area contributed by atoms with Crippen molar-refractivity contribution in [3.05, 3.63) is 12.2 Å². The minimum absolute atomic E-state index is 0.245. The summed E-state index contributed by atoms with van der Waals surface area (Å²) >= 11 is 0. The Morgan fingerprint density at radius 2 is 1.11 bits per heavy atom. The molecule has 14 nitrogen and oxygen atoms in total. The number of hydrogen-bond donors (Lipinski definition) is 9. The predicted octanol–water partition coefficient (Wildman–Crippen LogP) is 3.65. The summed E-state index contributed by atoms with van der Waals surface area (Å²) in [6.45, 7) is 2.72. The zero-order chi connectivity index (χ0) is 41.1. The van der Waals surface area contributed by atoms with Crippen LogP contribution in [0.5, 0.6) is 0 Å². The summed E-state index contributed by atoms with van der Waals surface area (Å²) in [5.41, 5.74) is 0. The number of rotatable bonds is 32. The van der Waals surface area contributed by atoms with Crippen LogP contribution >= 0.6 is 0 Å². The normalized spacial score (nSPS) is 29.5. The van der Waals surface area contributed by atoms with Gasteiger partial charge in [-0.1, -0.05) is 142 Å². The van der Waals surface area contributed by atoms with E-state index in [-0.39, 0.29) is 18.9 Å². The molecule has 0 radical (unpaired) electrons. The van der Waals surface area contributed by atoms with Gasteiger partial charge in [-0.15, -0.1) is 0 Å². The molecule has 0 spiro atoms. The van der Waals surface area contributed by atoms with Crippen LogP contribution in [0.15, 0.2) is 12.2 Å². The lowest BCUT2D eigenvalue weighted by atomic mass is 9.97. The number of unbranched alkanes of at least 4 members (excludes halogenated alkanes) is 19. The summed E-state index contributed by atoms with van der Waals surface area (Å²) in [5.74, 6) is -0.245.